The summed E-state index contributed by atoms with van der Waals surface area (Å²) in [6.07, 6.45) is 0. The number of halogens is 1. The lowest BCUT2D eigenvalue weighted by Crippen LogP contribution is -2.28. The molecule has 2 aromatic carbocycles. The van der Waals surface area contributed by atoms with Crippen LogP contribution in [0, 0.1) is 19.7 Å². The molecule has 0 saturated carbocycles. The highest BCUT2D eigenvalue weighted by molar-refractivity contribution is 5.80. The van der Waals surface area contributed by atoms with E-state index in [-0.39, 0.29) is 31.1 Å². The van der Waals surface area contributed by atoms with E-state index < -0.39 is 5.97 Å². The van der Waals surface area contributed by atoms with Gasteiger partial charge in [0.2, 0.25) is 0 Å². The number of fused-ring (bicyclic) bond motifs is 1. The Morgan fingerprint density at radius 1 is 1.09 bits per heavy atom. The minimum absolute atomic E-state index is 0.115. The molecule has 0 aliphatic rings. The zero-order valence-corrected chi connectivity index (χ0v) is 19.9. The van der Waals surface area contributed by atoms with Gasteiger partial charge in [-0.2, -0.15) is 0 Å². The lowest BCUT2D eigenvalue weighted by molar-refractivity contribution is -0.144. The van der Waals surface area contributed by atoms with Crippen LogP contribution in [0.25, 0.3) is 10.9 Å². The van der Waals surface area contributed by atoms with Crippen LogP contribution in [0.4, 0.5) is 4.39 Å². The van der Waals surface area contributed by atoms with Gasteiger partial charge in [-0.1, -0.05) is 12.1 Å². The number of hydrogen-bond donors (Lipinski definition) is 1. The number of pyridine rings is 1. The summed E-state index contributed by atoms with van der Waals surface area (Å²) >= 11 is 0. The molecule has 2 aromatic heterocycles. The second-order valence-corrected chi connectivity index (χ2v) is 8.48. The van der Waals surface area contributed by atoms with Crippen LogP contribution in [0.5, 0.6) is 0 Å². The van der Waals surface area contributed by atoms with Gasteiger partial charge in [0.05, 0.1) is 13.2 Å². The number of esters is 1. The summed E-state index contributed by atoms with van der Waals surface area (Å²) in [4.78, 5) is 29.8. The molecule has 4 aromatic rings. The molecule has 0 unspecified atom stereocenters. The number of nitrogens with zero attached hydrogens (tertiary/aromatic N) is 5. The fourth-order valence-electron chi connectivity index (χ4n) is 3.88. The van der Waals surface area contributed by atoms with Gasteiger partial charge in [0.25, 0.3) is 5.56 Å². The Balaban J connectivity index is 1.64. The molecule has 9 nitrogen and oxygen atoms in total. The maximum absolute atomic E-state index is 13.4. The molecule has 35 heavy (non-hydrogen) atoms. The van der Waals surface area contributed by atoms with E-state index in [0.29, 0.717) is 24.5 Å². The van der Waals surface area contributed by atoms with E-state index in [1.165, 1.54) is 16.8 Å². The standard InChI is InChI=1S/C25H27FN6O3/c1-4-35-24(33)15-32-23(28-29-30-32)14-31(12-18-5-7-21(26)8-6-18)13-20-11-19-9-16(2)17(3)10-22(19)27-25(20)34/h5-11H,4,12-15H2,1-3H3,(H,27,34). The topological polar surface area (TPSA) is 106 Å². The Kier molecular flexibility index (Phi) is 7.31. The van der Waals surface area contributed by atoms with Crippen LogP contribution in [-0.4, -0.2) is 42.7 Å². The van der Waals surface area contributed by atoms with Crippen molar-refractivity contribution >= 4 is 16.9 Å². The summed E-state index contributed by atoms with van der Waals surface area (Å²) in [5.74, 6) is -0.318. The van der Waals surface area contributed by atoms with Crippen molar-refractivity contribution in [2.24, 2.45) is 0 Å². The number of aryl methyl sites for hydroxylation is 2. The Labute approximate surface area is 201 Å². The first kappa shape index (κ1) is 24.2. The zero-order chi connectivity index (χ0) is 24.9. The molecule has 2 heterocycles. The van der Waals surface area contributed by atoms with Gasteiger partial charge in [0.15, 0.2) is 5.82 Å². The third-order valence-corrected chi connectivity index (χ3v) is 5.80. The number of rotatable bonds is 9. The van der Waals surface area contributed by atoms with E-state index in [4.69, 9.17) is 4.74 Å². The second-order valence-electron chi connectivity index (χ2n) is 8.48. The number of hydrogen-bond acceptors (Lipinski definition) is 7. The van der Waals surface area contributed by atoms with Crippen LogP contribution in [-0.2, 0) is 35.7 Å². The molecular formula is C25H27FN6O3. The minimum Gasteiger partial charge on any atom is -0.465 e. The average Bonchev–Trinajstić information content (AvgIpc) is 3.23. The Morgan fingerprint density at radius 3 is 2.57 bits per heavy atom. The maximum Gasteiger partial charge on any atom is 0.327 e. The van der Waals surface area contributed by atoms with Crippen molar-refractivity contribution in [1.29, 1.82) is 0 Å². The van der Waals surface area contributed by atoms with Crippen molar-refractivity contribution in [3.05, 3.63) is 86.7 Å². The highest BCUT2D eigenvalue weighted by Crippen LogP contribution is 2.19. The number of aromatic amines is 1. The fourth-order valence-corrected chi connectivity index (χ4v) is 3.88. The molecule has 0 fully saturated rings. The molecule has 0 atom stereocenters. The van der Waals surface area contributed by atoms with Gasteiger partial charge in [-0.25, -0.2) is 9.07 Å². The van der Waals surface area contributed by atoms with E-state index in [2.05, 4.69) is 20.5 Å². The third kappa shape index (κ3) is 5.96. The van der Waals surface area contributed by atoms with Gasteiger partial charge in [-0.05, 0) is 83.6 Å². The lowest BCUT2D eigenvalue weighted by atomic mass is 10.0. The molecule has 0 spiro atoms. The summed E-state index contributed by atoms with van der Waals surface area (Å²) in [5, 5.41) is 12.6. The van der Waals surface area contributed by atoms with Gasteiger partial charge < -0.3 is 9.72 Å². The van der Waals surface area contributed by atoms with Gasteiger partial charge >= 0.3 is 5.97 Å². The van der Waals surface area contributed by atoms with Gasteiger partial charge in [0, 0.05) is 24.2 Å². The summed E-state index contributed by atoms with van der Waals surface area (Å²) in [7, 11) is 0. The smallest absolute Gasteiger partial charge is 0.327 e. The number of carbonyl (C=O) groups excluding carboxylic acids is 1. The average molecular weight is 479 g/mol. The first-order valence-corrected chi connectivity index (χ1v) is 11.3. The Hall–Kier alpha value is -3.92. The second kappa shape index (κ2) is 10.6. The Bertz CT molecular complexity index is 1400. The van der Waals surface area contributed by atoms with Crippen LogP contribution in [0.3, 0.4) is 0 Å². The van der Waals surface area contributed by atoms with Crippen molar-refractivity contribution in [1.82, 2.24) is 30.1 Å². The van der Waals surface area contributed by atoms with Crippen molar-refractivity contribution in [3.8, 4) is 0 Å². The number of tetrazole rings is 1. The van der Waals surface area contributed by atoms with Crippen LogP contribution < -0.4 is 5.56 Å². The summed E-state index contributed by atoms with van der Waals surface area (Å²) in [5.41, 5.74) is 4.28. The maximum atomic E-state index is 13.4. The lowest BCUT2D eigenvalue weighted by Gasteiger charge is -2.22. The first-order valence-electron chi connectivity index (χ1n) is 11.3. The van der Waals surface area contributed by atoms with Crippen molar-refractivity contribution in [2.45, 2.75) is 47.0 Å². The molecule has 1 N–H and O–H groups in total. The first-order chi connectivity index (χ1) is 16.8. The molecule has 0 aliphatic heterocycles. The summed E-state index contributed by atoms with van der Waals surface area (Å²) in [6, 6.07) is 12.1. The van der Waals surface area contributed by atoms with E-state index in [1.54, 1.807) is 19.1 Å². The van der Waals surface area contributed by atoms with Crippen molar-refractivity contribution in [3.63, 3.8) is 0 Å². The molecule has 0 radical (unpaired) electrons. The molecule has 182 valence electrons. The van der Waals surface area contributed by atoms with E-state index in [1.807, 2.05) is 36.9 Å². The predicted octanol–water partition coefficient (Wildman–Crippen LogP) is 3.04. The molecule has 10 heteroatoms. The van der Waals surface area contributed by atoms with Gasteiger partial charge in [-0.3, -0.25) is 14.5 Å². The van der Waals surface area contributed by atoms with Crippen LogP contribution >= 0.6 is 0 Å². The van der Waals surface area contributed by atoms with E-state index >= 15 is 0 Å². The predicted molar refractivity (Wildman–Crippen MR) is 128 cm³/mol. The number of H-pyrrole nitrogens is 1. The molecular weight excluding hydrogens is 451 g/mol. The number of ether oxygens (including phenoxy) is 1. The monoisotopic (exact) mass is 478 g/mol. The van der Waals surface area contributed by atoms with Crippen LogP contribution in [0.1, 0.15) is 35.0 Å². The number of aromatic nitrogens is 5. The molecule has 0 saturated heterocycles. The van der Waals surface area contributed by atoms with Gasteiger partial charge in [0.1, 0.15) is 12.4 Å². The summed E-state index contributed by atoms with van der Waals surface area (Å²) in [6.45, 7) is 6.88. The van der Waals surface area contributed by atoms with Gasteiger partial charge in [-0.15, -0.1) is 5.10 Å². The molecule has 0 aliphatic carbocycles. The number of nitrogens with one attached hydrogen (secondary N) is 1. The summed E-state index contributed by atoms with van der Waals surface area (Å²) < 4.78 is 19.8. The van der Waals surface area contributed by atoms with E-state index in [9.17, 15) is 14.0 Å². The fraction of sp³-hybridized carbons (Fsp3) is 0.320. The largest absolute Gasteiger partial charge is 0.465 e. The number of carbonyl (C=O) groups is 1. The van der Waals surface area contributed by atoms with Crippen molar-refractivity contribution in [2.75, 3.05) is 6.61 Å². The molecule has 0 bridgehead atoms. The number of benzene rings is 2. The minimum atomic E-state index is -0.442. The normalized spacial score (nSPS) is 11.3. The van der Waals surface area contributed by atoms with Crippen LogP contribution in [0.2, 0.25) is 0 Å². The van der Waals surface area contributed by atoms with E-state index in [0.717, 1.165) is 27.6 Å². The zero-order valence-electron chi connectivity index (χ0n) is 19.9. The molecule has 4 rings (SSSR count). The highest BCUT2D eigenvalue weighted by atomic mass is 19.1. The SMILES string of the molecule is CCOC(=O)Cn1nnnc1CN(Cc1ccc(F)cc1)Cc1cc2cc(C)c(C)cc2[nH]c1=O. The Morgan fingerprint density at radius 2 is 1.83 bits per heavy atom. The third-order valence-electron chi connectivity index (χ3n) is 5.80. The van der Waals surface area contributed by atoms with Crippen molar-refractivity contribution < 1.29 is 13.9 Å². The quantitative estimate of drug-likeness (QED) is 0.369. The molecule has 0 amide bonds. The highest BCUT2D eigenvalue weighted by Gasteiger charge is 2.18. The van der Waals surface area contributed by atoms with Crippen LogP contribution in [0.15, 0.2) is 47.3 Å².